The van der Waals surface area contributed by atoms with E-state index in [2.05, 4.69) is 15.0 Å². The van der Waals surface area contributed by atoms with Crippen LogP contribution >= 0.6 is 0 Å². The molecule has 0 unspecified atom stereocenters. The second-order valence-electron chi connectivity index (χ2n) is 7.18. The number of nitrogens with one attached hydrogen (secondary N) is 2. The van der Waals surface area contributed by atoms with Gasteiger partial charge in [-0.15, -0.1) is 0 Å². The van der Waals surface area contributed by atoms with Gasteiger partial charge in [0.1, 0.15) is 6.61 Å². The van der Waals surface area contributed by atoms with Crippen molar-refractivity contribution in [2.24, 2.45) is 7.05 Å². The molecule has 1 heterocycles. The van der Waals surface area contributed by atoms with E-state index in [-0.39, 0.29) is 29.8 Å². The Morgan fingerprint density at radius 3 is 2.44 bits per heavy atom. The summed E-state index contributed by atoms with van der Waals surface area (Å²) >= 11 is 0. The Bertz CT molecular complexity index is 1290. The molecule has 0 spiro atoms. The fraction of sp³-hybridized carbons (Fsp3) is 0.227. The Morgan fingerprint density at radius 1 is 1.09 bits per heavy atom. The van der Waals surface area contributed by atoms with Crippen molar-refractivity contribution in [3.8, 4) is 5.75 Å². The molecule has 3 rings (SSSR count). The van der Waals surface area contributed by atoms with Crippen molar-refractivity contribution in [1.82, 2.24) is 14.9 Å². The molecule has 0 saturated heterocycles. The molecule has 0 radical (unpaired) electrons. The highest BCUT2D eigenvalue weighted by atomic mass is 32.2. The maximum Gasteiger partial charge on any atom is 0.297 e. The van der Waals surface area contributed by atoms with Crippen molar-refractivity contribution in [3.05, 3.63) is 87.3 Å². The second-order valence-corrected chi connectivity index (χ2v) is 8.90. The predicted molar refractivity (Wildman–Crippen MR) is 121 cm³/mol. The first-order valence-electron chi connectivity index (χ1n) is 9.76. The van der Waals surface area contributed by atoms with Crippen LogP contribution in [0.4, 0.5) is 5.95 Å². The molecule has 0 aliphatic heterocycles. The van der Waals surface area contributed by atoms with Crippen LogP contribution in [0.15, 0.2) is 59.4 Å². The number of hydrogen-bond acceptors (Lipinski definition) is 6. The van der Waals surface area contributed by atoms with Gasteiger partial charge in [-0.2, -0.15) is 0 Å². The molecule has 2 aromatic carbocycles. The summed E-state index contributed by atoms with van der Waals surface area (Å²) in [4.78, 5) is 29.4. The molecule has 2 N–H and O–H groups in total. The molecule has 0 aliphatic carbocycles. The highest BCUT2D eigenvalue weighted by Gasteiger charge is 2.24. The molecule has 0 fully saturated rings. The van der Waals surface area contributed by atoms with E-state index >= 15 is 0 Å². The number of anilines is 1. The number of ether oxygens (including phenoxy) is 1. The Morgan fingerprint density at radius 2 is 1.78 bits per heavy atom. The topological polar surface area (TPSA) is 119 Å². The maximum atomic E-state index is 12.9. The molecule has 32 heavy (non-hydrogen) atoms. The van der Waals surface area contributed by atoms with E-state index in [0.717, 1.165) is 15.7 Å². The van der Waals surface area contributed by atoms with Crippen molar-refractivity contribution < 1.29 is 17.9 Å². The third-order valence-corrected chi connectivity index (χ3v) is 5.81. The molecular formula is C22H24N4O5S. The maximum absolute atomic E-state index is 12.9. The molecule has 3 aromatic rings. The van der Waals surface area contributed by atoms with Gasteiger partial charge >= 0.3 is 0 Å². The number of rotatable bonds is 8. The van der Waals surface area contributed by atoms with Crippen molar-refractivity contribution >= 4 is 21.9 Å². The van der Waals surface area contributed by atoms with E-state index in [1.807, 2.05) is 43.3 Å². The number of aromatic nitrogens is 2. The Balaban J connectivity index is 1.94. The van der Waals surface area contributed by atoms with Crippen LogP contribution in [0.2, 0.25) is 0 Å². The van der Waals surface area contributed by atoms with Gasteiger partial charge in [0.25, 0.3) is 11.5 Å². The van der Waals surface area contributed by atoms with E-state index in [1.54, 1.807) is 18.2 Å². The quantitative estimate of drug-likeness (QED) is 0.535. The first-order valence-corrected chi connectivity index (χ1v) is 11.4. The van der Waals surface area contributed by atoms with Gasteiger partial charge in [0.05, 0.1) is 5.75 Å². The summed E-state index contributed by atoms with van der Waals surface area (Å²) in [6.07, 6.45) is 0. The van der Waals surface area contributed by atoms with Gasteiger partial charge in [0.2, 0.25) is 21.7 Å². The summed E-state index contributed by atoms with van der Waals surface area (Å²) < 4.78 is 34.3. The van der Waals surface area contributed by atoms with Crippen molar-refractivity contribution in [2.45, 2.75) is 19.3 Å². The molecule has 1 aromatic heterocycles. The van der Waals surface area contributed by atoms with Crippen LogP contribution in [0.3, 0.4) is 0 Å². The fourth-order valence-electron chi connectivity index (χ4n) is 3.00. The molecule has 9 nitrogen and oxygen atoms in total. The van der Waals surface area contributed by atoms with Crippen LogP contribution in [0.1, 0.15) is 27.2 Å². The SMILES string of the molecule is CNC(=O)c1nc(NS(=O)(=O)Cc2cccc(C)c2)n(C)c(=O)c1OCc1ccccc1. The van der Waals surface area contributed by atoms with Crippen LogP contribution in [0, 0.1) is 6.92 Å². The molecule has 168 valence electrons. The minimum atomic E-state index is -3.91. The summed E-state index contributed by atoms with van der Waals surface area (Å²) in [5.74, 6) is -1.54. The Labute approximate surface area is 186 Å². The summed E-state index contributed by atoms with van der Waals surface area (Å²) in [5.41, 5.74) is 1.30. The third-order valence-electron chi connectivity index (χ3n) is 4.60. The highest BCUT2D eigenvalue weighted by Crippen LogP contribution is 2.18. The van der Waals surface area contributed by atoms with E-state index in [1.165, 1.54) is 14.1 Å². The predicted octanol–water partition coefficient (Wildman–Crippen LogP) is 1.97. The molecule has 0 bridgehead atoms. The number of nitrogens with zero attached hydrogens (tertiary/aromatic N) is 2. The van der Waals surface area contributed by atoms with Gasteiger partial charge in [0.15, 0.2) is 5.69 Å². The lowest BCUT2D eigenvalue weighted by Crippen LogP contribution is -2.31. The minimum Gasteiger partial charge on any atom is -0.481 e. The van der Waals surface area contributed by atoms with Gasteiger partial charge in [0, 0.05) is 14.1 Å². The van der Waals surface area contributed by atoms with Crippen LogP contribution in [0.25, 0.3) is 0 Å². The average molecular weight is 457 g/mol. The standard InChI is InChI=1S/C22H24N4O5S/c1-15-8-7-11-17(12-15)14-32(29,30)25-22-24-18(20(27)23-2)19(21(28)26(22)3)31-13-16-9-5-4-6-10-16/h4-12H,13-14H2,1-3H3,(H,23,27)(H,24,25). The second kappa shape index (κ2) is 9.65. The largest absolute Gasteiger partial charge is 0.481 e. The van der Waals surface area contributed by atoms with Gasteiger partial charge < -0.3 is 10.1 Å². The summed E-state index contributed by atoms with van der Waals surface area (Å²) in [7, 11) is -1.18. The summed E-state index contributed by atoms with van der Waals surface area (Å²) in [5, 5.41) is 2.40. The zero-order valence-electron chi connectivity index (χ0n) is 18.0. The highest BCUT2D eigenvalue weighted by molar-refractivity contribution is 7.91. The van der Waals surface area contributed by atoms with E-state index in [0.29, 0.717) is 5.56 Å². The van der Waals surface area contributed by atoms with Crippen LogP contribution in [-0.4, -0.2) is 30.9 Å². The smallest absolute Gasteiger partial charge is 0.297 e. The van der Waals surface area contributed by atoms with Crippen molar-refractivity contribution in [1.29, 1.82) is 0 Å². The number of sulfonamides is 1. The lowest BCUT2D eigenvalue weighted by molar-refractivity contribution is 0.0952. The molecule has 0 atom stereocenters. The van der Waals surface area contributed by atoms with Gasteiger partial charge in [-0.25, -0.2) is 13.4 Å². The zero-order valence-corrected chi connectivity index (χ0v) is 18.8. The number of carbonyl (C=O) groups is 1. The molecule has 0 saturated carbocycles. The number of amides is 1. The lowest BCUT2D eigenvalue weighted by atomic mass is 10.2. The number of aryl methyl sites for hydroxylation is 1. The third kappa shape index (κ3) is 5.52. The van der Waals surface area contributed by atoms with E-state index < -0.39 is 21.5 Å². The molecule has 10 heteroatoms. The average Bonchev–Trinajstić information content (AvgIpc) is 2.76. The van der Waals surface area contributed by atoms with Gasteiger partial charge in [-0.1, -0.05) is 60.2 Å². The molecule has 1 amide bonds. The Hall–Kier alpha value is -3.66. The molecular weight excluding hydrogens is 432 g/mol. The number of benzene rings is 2. The normalized spacial score (nSPS) is 11.1. The lowest BCUT2D eigenvalue weighted by Gasteiger charge is -2.15. The molecule has 0 aliphatic rings. The van der Waals surface area contributed by atoms with Crippen LogP contribution in [-0.2, 0) is 29.4 Å². The van der Waals surface area contributed by atoms with Gasteiger partial charge in [-0.3, -0.25) is 18.9 Å². The first-order chi connectivity index (χ1) is 15.2. The summed E-state index contributed by atoms with van der Waals surface area (Å²) in [6.45, 7) is 1.90. The van der Waals surface area contributed by atoms with Crippen molar-refractivity contribution in [2.75, 3.05) is 11.8 Å². The Kier molecular flexibility index (Phi) is 6.94. The van der Waals surface area contributed by atoms with Gasteiger partial charge in [-0.05, 0) is 18.1 Å². The van der Waals surface area contributed by atoms with E-state index in [9.17, 15) is 18.0 Å². The zero-order chi connectivity index (χ0) is 23.3. The summed E-state index contributed by atoms with van der Waals surface area (Å²) in [6, 6.07) is 16.2. The van der Waals surface area contributed by atoms with E-state index in [4.69, 9.17) is 4.74 Å². The van der Waals surface area contributed by atoms with Crippen LogP contribution < -0.4 is 20.3 Å². The monoisotopic (exact) mass is 456 g/mol. The fourth-order valence-corrected chi connectivity index (χ4v) is 4.15. The van der Waals surface area contributed by atoms with Crippen molar-refractivity contribution in [3.63, 3.8) is 0 Å². The minimum absolute atomic E-state index is 0.0419. The van der Waals surface area contributed by atoms with Crippen LogP contribution in [0.5, 0.6) is 5.75 Å². The number of hydrogen-bond donors (Lipinski definition) is 2. The number of carbonyl (C=O) groups excluding carboxylic acids is 1. The first kappa shape index (κ1) is 23.0.